The zero-order valence-corrected chi connectivity index (χ0v) is 17.4. The molecule has 0 bridgehead atoms. The summed E-state index contributed by atoms with van der Waals surface area (Å²) in [4.78, 5) is 4.22. The Morgan fingerprint density at radius 3 is 2.48 bits per heavy atom. The number of aliphatic imine (C=N–C) groups is 1. The van der Waals surface area contributed by atoms with Crippen LogP contribution in [0.15, 0.2) is 72.0 Å². The van der Waals surface area contributed by atoms with Crippen molar-refractivity contribution in [3.8, 4) is 5.69 Å². The normalized spacial score (nSPS) is 11.0. The minimum Gasteiger partial charge on any atom is -0.356 e. The number of hydrogen-bond acceptors (Lipinski definition) is 2. The van der Waals surface area contributed by atoms with Gasteiger partial charge in [0.15, 0.2) is 5.96 Å². The molecule has 0 saturated carbocycles. The summed E-state index contributed by atoms with van der Waals surface area (Å²) in [5, 5.41) is 10.9. The number of nitrogens with one attached hydrogen (secondary N) is 2. The predicted molar refractivity (Wildman–Crippen MR) is 117 cm³/mol. The maximum absolute atomic E-state index is 12.9. The molecule has 7 heteroatoms. The van der Waals surface area contributed by atoms with E-state index in [1.165, 1.54) is 12.1 Å². The number of para-hydroxylation sites is 1. The third kappa shape index (κ3) is 6.35. The van der Waals surface area contributed by atoms with Gasteiger partial charge < -0.3 is 10.6 Å². The van der Waals surface area contributed by atoms with Crippen molar-refractivity contribution >= 4 is 29.9 Å². The van der Waals surface area contributed by atoms with Gasteiger partial charge >= 0.3 is 0 Å². The Morgan fingerprint density at radius 2 is 1.78 bits per heavy atom. The van der Waals surface area contributed by atoms with Crippen LogP contribution in [0.4, 0.5) is 4.39 Å². The predicted octanol–water partition coefficient (Wildman–Crippen LogP) is 3.54. The zero-order chi connectivity index (χ0) is 18.2. The second kappa shape index (κ2) is 10.7. The molecule has 0 fully saturated rings. The van der Waals surface area contributed by atoms with E-state index in [9.17, 15) is 4.39 Å². The fraction of sp³-hybridized carbons (Fsp3) is 0.200. The van der Waals surface area contributed by atoms with Crippen LogP contribution < -0.4 is 10.6 Å². The number of nitrogens with zero attached hydrogens (tertiary/aromatic N) is 3. The van der Waals surface area contributed by atoms with Gasteiger partial charge in [0.1, 0.15) is 5.82 Å². The second-order valence-electron chi connectivity index (χ2n) is 5.86. The van der Waals surface area contributed by atoms with E-state index in [2.05, 4.69) is 20.7 Å². The fourth-order valence-corrected chi connectivity index (χ4v) is 2.56. The topological polar surface area (TPSA) is 54.2 Å². The van der Waals surface area contributed by atoms with Crippen LogP contribution >= 0.6 is 24.0 Å². The lowest BCUT2D eigenvalue weighted by Gasteiger charge is -2.11. The summed E-state index contributed by atoms with van der Waals surface area (Å²) >= 11 is 0. The molecule has 0 atom stereocenters. The summed E-state index contributed by atoms with van der Waals surface area (Å²) in [7, 11) is 1.74. The highest BCUT2D eigenvalue weighted by molar-refractivity contribution is 14.0. The molecule has 3 rings (SSSR count). The first-order chi connectivity index (χ1) is 12.7. The summed E-state index contributed by atoms with van der Waals surface area (Å²) in [6, 6.07) is 16.5. The van der Waals surface area contributed by atoms with Crippen molar-refractivity contribution in [3.05, 3.63) is 83.9 Å². The van der Waals surface area contributed by atoms with Crippen LogP contribution in [0.5, 0.6) is 0 Å². The first-order valence-electron chi connectivity index (χ1n) is 8.52. The quantitative estimate of drug-likeness (QED) is 0.323. The van der Waals surface area contributed by atoms with E-state index in [-0.39, 0.29) is 29.8 Å². The molecular weight excluding hydrogens is 456 g/mol. The zero-order valence-electron chi connectivity index (χ0n) is 15.1. The van der Waals surface area contributed by atoms with Gasteiger partial charge in [0.2, 0.25) is 0 Å². The van der Waals surface area contributed by atoms with Crippen molar-refractivity contribution in [1.29, 1.82) is 0 Å². The standard InChI is InChI=1S/C20H22FN5.HI/c1-22-20(23-12-11-16-7-9-18(21)10-8-16)24-13-17-14-25-26(15-17)19-5-3-2-4-6-19;/h2-10,14-15H,11-13H2,1H3,(H2,22,23,24);1H. The van der Waals surface area contributed by atoms with Gasteiger partial charge in [-0.15, -0.1) is 24.0 Å². The number of guanidine groups is 1. The van der Waals surface area contributed by atoms with Gasteiger partial charge in [-0.1, -0.05) is 30.3 Å². The average Bonchev–Trinajstić information content (AvgIpc) is 3.16. The molecule has 0 aliphatic carbocycles. The third-order valence-electron chi connectivity index (χ3n) is 3.96. The van der Waals surface area contributed by atoms with Crippen molar-refractivity contribution in [2.45, 2.75) is 13.0 Å². The summed E-state index contributed by atoms with van der Waals surface area (Å²) in [5.41, 5.74) is 3.18. The van der Waals surface area contributed by atoms with Crippen LogP contribution in [0.25, 0.3) is 5.69 Å². The van der Waals surface area contributed by atoms with Crippen LogP contribution in [0.2, 0.25) is 0 Å². The molecule has 1 aromatic heterocycles. The Kier molecular flexibility index (Phi) is 8.25. The molecular formula is C20H23FIN5. The molecule has 0 unspecified atom stereocenters. The molecule has 0 saturated heterocycles. The molecule has 27 heavy (non-hydrogen) atoms. The van der Waals surface area contributed by atoms with Crippen molar-refractivity contribution < 1.29 is 4.39 Å². The van der Waals surface area contributed by atoms with Crippen LogP contribution in [-0.4, -0.2) is 29.3 Å². The van der Waals surface area contributed by atoms with Crippen molar-refractivity contribution in [2.75, 3.05) is 13.6 Å². The van der Waals surface area contributed by atoms with Crippen LogP contribution in [0.1, 0.15) is 11.1 Å². The Morgan fingerprint density at radius 1 is 1.04 bits per heavy atom. The Hall–Kier alpha value is -2.42. The number of benzene rings is 2. The van der Waals surface area contributed by atoms with Crippen LogP contribution in [0, 0.1) is 5.82 Å². The van der Waals surface area contributed by atoms with Crippen LogP contribution in [-0.2, 0) is 13.0 Å². The molecule has 0 radical (unpaired) electrons. The molecule has 2 aromatic carbocycles. The van der Waals surface area contributed by atoms with E-state index >= 15 is 0 Å². The molecule has 0 amide bonds. The number of hydrogen-bond donors (Lipinski definition) is 2. The van der Waals surface area contributed by atoms with Crippen molar-refractivity contribution in [3.63, 3.8) is 0 Å². The van der Waals surface area contributed by atoms with Gasteiger partial charge in [-0.05, 0) is 36.2 Å². The second-order valence-corrected chi connectivity index (χ2v) is 5.86. The monoisotopic (exact) mass is 479 g/mol. The van der Waals surface area contributed by atoms with Crippen molar-refractivity contribution in [2.24, 2.45) is 4.99 Å². The molecule has 0 spiro atoms. The fourth-order valence-electron chi connectivity index (χ4n) is 2.56. The molecule has 1 heterocycles. The van der Waals surface area contributed by atoms with Gasteiger partial charge in [0.25, 0.3) is 0 Å². The van der Waals surface area contributed by atoms with E-state index in [4.69, 9.17) is 0 Å². The number of rotatable bonds is 6. The number of aromatic nitrogens is 2. The maximum atomic E-state index is 12.9. The molecule has 2 N–H and O–H groups in total. The lowest BCUT2D eigenvalue weighted by molar-refractivity contribution is 0.626. The highest BCUT2D eigenvalue weighted by Crippen LogP contribution is 2.07. The Labute approximate surface area is 175 Å². The number of halogens is 2. The van der Waals surface area contributed by atoms with E-state index in [1.807, 2.05) is 47.4 Å². The first kappa shape index (κ1) is 20.9. The van der Waals surface area contributed by atoms with Crippen LogP contribution in [0.3, 0.4) is 0 Å². The SMILES string of the molecule is CN=C(NCCc1ccc(F)cc1)NCc1cnn(-c2ccccc2)c1.I. The minimum atomic E-state index is -0.213. The molecule has 142 valence electrons. The lowest BCUT2D eigenvalue weighted by Crippen LogP contribution is -2.37. The molecule has 0 aliphatic rings. The Bertz CT molecular complexity index is 846. The average molecular weight is 479 g/mol. The smallest absolute Gasteiger partial charge is 0.191 e. The van der Waals surface area contributed by atoms with Gasteiger partial charge in [-0.3, -0.25) is 4.99 Å². The molecule has 3 aromatic rings. The minimum absolute atomic E-state index is 0. The summed E-state index contributed by atoms with van der Waals surface area (Å²) in [6.45, 7) is 1.34. The molecule has 5 nitrogen and oxygen atoms in total. The third-order valence-corrected chi connectivity index (χ3v) is 3.96. The van der Waals surface area contributed by atoms with E-state index in [0.29, 0.717) is 13.1 Å². The van der Waals surface area contributed by atoms with Gasteiger partial charge in [-0.25, -0.2) is 9.07 Å². The van der Waals surface area contributed by atoms with Gasteiger partial charge in [-0.2, -0.15) is 5.10 Å². The highest BCUT2D eigenvalue weighted by atomic mass is 127. The van der Waals surface area contributed by atoms with Gasteiger partial charge in [0.05, 0.1) is 11.9 Å². The largest absolute Gasteiger partial charge is 0.356 e. The molecule has 0 aliphatic heterocycles. The summed E-state index contributed by atoms with van der Waals surface area (Å²) in [6.07, 6.45) is 4.63. The van der Waals surface area contributed by atoms with Gasteiger partial charge in [0, 0.05) is 31.9 Å². The lowest BCUT2D eigenvalue weighted by atomic mass is 10.1. The highest BCUT2D eigenvalue weighted by Gasteiger charge is 2.03. The van der Waals surface area contributed by atoms with E-state index in [0.717, 1.165) is 29.2 Å². The maximum Gasteiger partial charge on any atom is 0.191 e. The Balaban J connectivity index is 0.00000261. The summed E-state index contributed by atoms with van der Waals surface area (Å²) in [5.74, 6) is 0.509. The van der Waals surface area contributed by atoms with Crippen molar-refractivity contribution in [1.82, 2.24) is 20.4 Å². The van der Waals surface area contributed by atoms with E-state index in [1.54, 1.807) is 19.2 Å². The first-order valence-corrected chi connectivity index (χ1v) is 8.52. The summed E-state index contributed by atoms with van der Waals surface area (Å²) < 4.78 is 14.8. The van der Waals surface area contributed by atoms with E-state index < -0.39 is 0 Å².